The number of anilines is 1. The van der Waals surface area contributed by atoms with Crippen LogP contribution < -0.4 is 5.32 Å². The second kappa shape index (κ2) is 7.26. The van der Waals surface area contributed by atoms with E-state index in [0.29, 0.717) is 11.1 Å². The summed E-state index contributed by atoms with van der Waals surface area (Å²) in [7, 11) is 0. The lowest BCUT2D eigenvalue weighted by molar-refractivity contribution is -0.112. The first-order valence-corrected chi connectivity index (χ1v) is 7.45. The monoisotopic (exact) mass is 315 g/mol. The minimum absolute atomic E-state index is 0.0130. The van der Waals surface area contributed by atoms with E-state index in [1.54, 1.807) is 24.3 Å². The molecular weight excluding hydrogens is 298 g/mol. The van der Waals surface area contributed by atoms with Crippen molar-refractivity contribution >= 4 is 17.7 Å². The zero-order chi connectivity index (χ0) is 17.7. The van der Waals surface area contributed by atoms with E-state index in [9.17, 15) is 10.1 Å². The summed E-state index contributed by atoms with van der Waals surface area (Å²) >= 11 is 0. The van der Waals surface area contributed by atoms with Gasteiger partial charge in [-0.15, -0.1) is 0 Å². The van der Waals surface area contributed by atoms with Gasteiger partial charge in [0.25, 0.3) is 5.91 Å². The SMILES string of the molecule is Cc1cc(C)c(NC(=O)/C(C#N)=C/c2ccc(C#N)cc2)c(C)c1. The van der Waals surface area contributed by atoms with E-state index in [0.717, 1.165) is 22.4 Å². The van der Waals surface area contributed by atoms with Crippen molar-refractivity contribution in [2.45, 2.75) is 20.8 Å². The molecule has 0 aromatic heterocycles. The average molecular weight is 315 g/mol. The molecule has 0 aliphatic rings. The fraction of sp³-hybridized carbons (Fsp3) is 0.150. The molecule has 0 heterocycles. The third-order valence-electron chi connectivity index (χ3n) is 3.63. The molecule has 0 bridgehead atoms. The number of nitrogens with zero attached hydrogens (tertiary/aromatic N) is 2. The molecule has 4 nitrogen and oxygen atoms in total. The fourth-order valence-corrected chi connectivity index (χ4v) is 2.53. The molecule has 118 valence electrons. The number of nitriles is 2. The second-order valence-electron chi connectivity index (χ2n) is 5.63. The van der Waals surface area contributed by atoms with E-state index >= 15 is 0 Å². The number of amides is 1. The van der Waals surface area contributed by atoms with Crippen LogP contribution in [0.1, 0.15) is 27.8 Å². The summed E-state index contributed by atoms with van der Waals surface area (Å²) in [6, 6.07) is 14.6. The van der Waals surface area contributed by atoms with Gasteiger partial charge in [-0.25, -0.2) is 0 Å². The quantitative estimate of drug-likeness (QED) is 0.686. The molecule has 1 N–H and O–H groups in total. The molecular formula is C20H17N3O. The van der Waals surface area contributed by atoms with Crippen LogP contribution in [0.2, 0.25) is 0 Å². The van der Waals surface area contributed by atoms with Crippen LogP contribution in [0.4, 0.5) is 5.69 Å². The Kier molecular flexibility index (Phi) is 5.14. The Morgan fingerprint density at radius 3 is 2.12 bits per heavy atom. The van der Waals surface area contributed by atoms with E-state index < -0.39 is 5.91 Å². The number of carbonyl (C=O) groups is 1. The second-order valence-corrected chi connectivity index (χ2v) is 5.63. The first-order valence-electron chi connectivity index (χ1n) is 7.45. The normalized spacial score (nSPS) is 10.6. The smallest absolute Gasteiger partial charge is 0.266 e. The molecule has 2 aromatic rings. The Bertz CT molecular complexity index is 871. The highest BCUT2D eigenvalue weighted by Crippen LogP contribution is 2.22. The number of nitrogens with one attached hydrogen (secondary N) is 1. The number of hydrogen-bond acceptors (Lipinski definition) is 3. The van der Waals surface area contributed by atoms with Crippen molar-refractivity contribution in [3.8, 4) is 12.1 Å². The van der Waals surface area contributed by atoms with Crippen molar-refractivity contribution in [1.82, 2.24) is 0 Å². The number of carbonyl (C=O) groups excluding carboxylic acids is 1. The molecule has 0 radical (unpaired) electrons. The summed E-state index contributed by atoms with van der Waals surface area (Å²) in [6.45, 7) is 5.84. The zero-order valence-electron chi connectivity index (χ0n) is 13.8. The number of rotatable bonds is 3. The Hall–Kier alpha value is -3.37. The Morgan fingerprint density at radius 1 is 1.04 bits per heavy atom. The van der Waals surface area contributed by atoms with Gasteiger partial charge in [-0.05, 0) is 55.7 Å². The van der Waals surface area contributed by atoms with Gasteiger partial charge in [0.2, 0.25) is 0 Å². The van der Waals surface area contributed by atoms with Gasteiger partial charge in [0, 0.05) is 5.69 Å². The first-order chi connectivity index (χ1) is 11.4. The minimum Gasteiger partial charge on any atom is -0.321 e. The summed E-state index contributed by atoms with van der Waals surface area (Å²) in [5.41, 5.74) is 4.99. The lowest BCUT2D eigenvalue weighted by atomic mass is 10.0. The third kappa shape index (κ3) is 3.88. The van der Waals surface area contributed by atoms with Gasteiger partial charge in [0.05, 0.1) is 11.6 Å². The summed E-state index contributed by atoms with van der Waals surface area (Å²) in [5.74, 6) is -0.447. The lowest BCUT2D eigenvalue weighted by Crippen LogP contribution is -2.15. The summed E-state index contributed by atoms with van der Waals surface area (Å²) in [4.78, 5) is 12.4. The van der Waals surface area contributed by atoms with Crippen LogP contribution in [0.5, 0.6) is 0 Å². The van der Waals surface area contributed by atoms with Crippen LogP contribution in [-0.4, -0.2) is 5.91 Å². The van der Waals surface area contributed by atoms with Crippen LogP contribution in [0.3, 0.4) is 0 Å². The number of aryl methyl sites for hydroxylation is 3. The maximum absolute atomic E-state index is 12.4. The van der Waals surface area contributed by atoms with E-state index in [2.05, 4.69) is 5.32 Å². The molecule has 24 heavy (non-hydrogen) atoms. The molecule has 0 aliphatic heterocycles. The molecule has 1 amide bonds. The Morgan fingerprint density at radius 2 is 1.62 bits per heavy atom. The summed E-state index contributed by atoms with van der Waals surface area (Å²) < 4.78 is 0. The van der Waals surface area contributed by atoms with Gasteiger partial charge in [0.1, 0.15) is 11.6 Å². The maximum Gasteiger partial charge on any atom is 0.266 e. The molecule has 2 aromatic carbocycles. The largest absolute Gasteiger partial charge is 0.321 e. The fourth-order valence-electron chi connectivity index (χ4n) is 2.53. The van der Waals surface area contributed by atoms with Gasteiger partial charge in [-0.3, -0.25) is 4.79 Å². The Labute approximate surface area is 141 Å². The van der Waals surface area contributed by atoms with Crippen molar-refractivity contribution in [2.75, 3.05) is 5.32 Å². The highest BCUT2D eigenvalue weighted by Gasteiger charge is 2.12. The van der Waals surface area contributed by atoms with Gasteiger partial charge in [0.15, 0.2) is 0 Å². The van der Waals surface area contributed by atoms with Crippen LogP contribution in [0.25, 0.3) is 6.08 Å². The maximum atomic E-state index is 12.4. The summed E-state index contributed by atoms with van der Waals surface area (Å²) in [6.07, 6.45) is 1.51. The standard InChI is InChI=1S/C20H17N3O/c1-13-8-14(2)19(15(3)9-13)23-20(24)18(12-22)10-16-4-6-17(11-21)7-5-16/h4-10H,1-3H3,(H,23,24)/b18-10+. The average Bonchev–Trinajstić information content (AvgIpc) is 2.56. The van der Waals surface area contributed by atoms with E-state index in [4.69, 9.17) is 5.26 Å². The number of hydrogen-bond donors (Lipinski definition) is 1. The van der Waals surface area contributed by atoms with E-state index in [1.807, 2.05) is 45.0 Å². The third-order valence-corrected chi connectivity index (χ3v) is 3.63. The minimum atomic E-state index is -0.447. The van der Waals surface area contributed by atoms with Crippen LogP contribution in [0.15, 0.2) is 42.0 Å². The first kappa shape index (κ1) is 17.0. The molecule has 2 rings (SSSR count). The van der Waals surface area contributed by atoms with Crippen molar-refractivity contribution in [1.29, 1.82) is 10.5 Å². The Balaban J connectivity index is 2.28. The van der Waals surface area contributed by atoms with Crippen LogP contribution >= 0.6 is 0 Å². The van der Waals surface area contributed by atoms with Crippen molar-refractivity contribution in [2.24, 2.45) is 0 Å². The van der Waals surface area contributed by atoms with Gasteiger partial charge in [-0.1, -0.05) is 29.8 Å². The van der Waals surface area contributed by atoms with Crippen LogP contribution in [0, 0.1) is 43.4 Å². The molecule has 0 saturated heterocycles. The van der Waals surface area contributed by atoms with Crippen molar-refractivity contribution in [3.05, 3.63) is 69.8 Å². The molecule has 4 heteroatoms. The van der Waals surface area contributed by atoms with Gasteiger partial charge >= 0.3 is 0 Å². The molecule has 0 fully saturated rings. The summed E-state index contributed by atoms with van der Waals surface area (Å²) in [5, 5.41) is 20.9. The molecule has 0 saturated carbocycles. The number of benzene rings is 2. The predicted molar refractivity (Wildman–Crippen MR) is 94.0 cm³/mol. The van der Waals surface area contributed by atoms with Crippen molar-refractivity contribution < 1.29 is 4.79 Å². The topological polar surface area (TPSA) is 76.7 Å². The van der Waals surface area contributed by atoms with Gasteiger partial charge in [-0.2, -0.15) is 10.5 Å². The highest BCUT2D eigenvalue weighted by atomic mass is 16.1. The van der Waals surface area contributed by atoms with Gasteiger partial charge < -0.3 is 5.32 Å². The van der Waals surface area contributed by atoms with Crippen molar-refractivity contribution in [3.63, 3.8) is 0 Å². The van der Waals surface area contributed by atoms with Crippen LogP contribution in [-0.2, 0) is 4.79 Å². The lowest BCUT2D eigenvalue weighted by Gasteiger charge is -2.12. The van der Waals surface area contributed by atoms with E-state index in [1.165, 1.54) is 6.08 Å². The molecule has 0 atom stereocenters. The molecule has 0 aliphatic carbocycles. The highest BCUT2D eigenvalue weighted by molar-refractivity contribution is 6.10. The van der Waals surface area contributed by atoms with E-state index in [-0.39, 0.29) is 5.57 Å². The zero-order valence-corrected chi connectivity index (χ0v) is 13.8. The predicted octanol–water partition coefficient (Wildman–Crippen LogP) is 4.03. The molecule has 0 unspecified atom stereocenters. The molecule has 0 spiro atoms.